The summed E-state index contributed by atoms with van der Waals surface area (Å²) < 4.78 is 16.1. The van der Waals surface area contributed by atoms with Crippen LogP contribution in [0.4, 0.5) is 0 Å². The summed E-state index contributed by atoms with van der Waals surface area (Å²) in [7, 11) is 3.16. The summed E-state index contributed by atoms with van der Waals surface area (Å²) >= 11 is 5.81. The molecule has 1 aromatic carbocycles. The molecule has 0 saturated carbocycles. The number of benzene rings is 1. The summed E-state index contributed by atoms with van der Waals surface area (Å²) in [5.41, 5.74) is 0.678. The first-order valence-electron chi connectivity index (χ1n) is 5.69. The molecule has 0 spiro atoms. The number of ether oxygens (including phenoxy) is 3. The van der Waals surface area contributed by atoms with E-state index >= 15 is 0 Å². The van der Waals surface area contributed by atoms with Crippen LogP contribution in [0, 0.1) is 0 Å². The highest BCUT2D eigenvalue weighted by Gasteiger charge is 2.11. The summed E-state index contributed by atoms with van der Waals surface area (Å²) in [5, 5.41) is 0.671. The van der Waals surface area contributed by atoms with Crippen molar-refractivity contribution in [2.24, 2.45) is 0 Å². The number of aromatic nitrogens is 1. The maximum absolute atomic E-state index is 5.81. The fraction of sp³-hybridized carbons (Fsp3) is 0.214. The van der Waals surface area contributed by atoms with Crippen LogP contribution in [0.3, 0.4) is 0 Å². The van der Waals surface area contributed by atoms with E-state index in [1.165, 1.54) is 0 Å². The molecule has 19 heavy (non-hydrogen) atoms. The first-order valence-corrected chi connectivity index (χ1v) is 6.06. The van der Waals surface area contributed by atoms with Gasteiger partial charge in [-0.2, -0.15) is 0 Å². The number of hydrogen-bond donors (Lipinski definition) is 0. The van der Waals surface area contributed by atoms with Crippen LogP contribution in [0.1, 0.15) is 5.69 Å². The molecule has 2 aromatic rings. The SMILES string of the molecule is COc1ccnc(COc2ccc(Cl)cc2)c1OC. The van der Waals surface area contributed by atoms with Gasteiger partial charge in [0.25, 0.3) is 0 Å². The van der Waals surface area contributed by atoms with Gasteiger partial charge >= 0.3 is 0 Å². The Morgan fingerprint density at radius 1 is 1.05 bits per heavy atom. The predicted molar refractivity (Wildman–Crippen MR) is 73.1 cm³/mol. The average molecular weight is 280 g/mol. The molecule has 0 aliphatic heterocycles. The van der Waals surface area contributed by atoms with Crippen molar-refractivity contribution in [3.8, 4) is 17.2 Å². The normalized spacial score (nSPS) is 10.1. The van der Waals surface area contributed by atoms with E-state index in [9.17, 15) is 0 Å². The van der Waals surface area contributed by atoms with E-state index in [1.807, 2.05) is 0 Å². The summed E-state index contributed by atoms with van der Waals surface area (Å²) in [4.78, 5) is 4.23. The standard InChI is InChI=1S/C14H14ClNO3/c1-17-13-7-8-16-12(14(13)18-2)9-19-11-5-3-10(15)4-6-11/h3-8H,9H2,1-2H3. The number of methoxy groups -OCH3 is 2. The van der Waals surface area contributed by atoms with Crippen molar-refractivity contribution in [3.63, 3.8) is 0 Å². The van der Waals surface area contributed by atoms with Gasteiger partial charge in [-0.1, -0.05) is 11.6 Å². The molecule has 0 aliphatic carbocycles. The Balaban J connectivity index is 2.13. The highest BCUT2D eigenvalue weighted by atomic mass is 35.5. The highest BCUT2D eigenvalue weighted by Crippen LogP contribution is 2.29. The largest absolute Gasteiger partial charge is 0.493 e. The van der Waals surface area contributed by atoms with E-state index in [2.05, 4.69) is 4.98 Å². The maximum Gasteiger partial charge on any atom is 0.185 e. The molecule has 2 rings (SSSR count). The number of hydrogen-bond acceptors (Lipinski definition) is 4. The topological polar surface area (TPSA) is 40.6 Å². The summed E-state index contributed by atoms with van der Waals surface area (Å²) in [6.45, 7) is 0.294. The Morgan fingerprint density at radius 3 is 2.42 bits per heavy atom. The first kappa shape index (κ1) is 13.5. The quantitative estimate of drug-likeness (QED) is 0.842. The van der Waals surface area contributed by atoms with Gasteiger partial charge in [-0.3, -0.25) is 4.98 Å². The first-order chi connectivity index (χ1) is 9.24. The number of rotatable bonds is 5. The van der Waals surface area contributed by atoms with Crippen molar-refractivity contribution >= 4 is 11.6 Å². The van der Waals surface area contributed by atoms with Gasteiger partial charge in [0, 0.05) is 17.3 Å². The molecule has 0 aliphatic rings. The molecule has 0 fully saturated rings. The molecule has 1 heterocycles. The second kappa shape index (κ2) is 6.29. The maximum atomic E-state index is 5.81. The van der Waals surface area contributed by atoms with Crippen LogP contribution in [0.5, 0.6) is 17.2 Å². The lowest BCUT2D eigenvalue weighted by Crippen LogP contribution is -2.03. The van der Waals surface area contributed by atoms with Crippen LogP contribution < -0.4 is 14.2 Å². The van der Waals surface area contributed by atoms with E-state index in [0.717, 1.165) is 5.75 Å². The highest BCUT2D eigenvalue weighted by molar-refractivity contribution is 6.30. The molecule has 0 atom stereocenters. The van der Waals surface area contributed by atoms with E-state index < -0.39 is 0 Å². The lowest BCUT2D eigenvalue weighted by molar-refractivity contribution is 0.285. The number of nitrogens with zero attached hydrogens (tertiary/aromatic N) is 1. The van der Waals surface area contributed by atoms with Crippen molar-refractivity contribution in [1.82, 2.24) is 4.98 Å². The van der Waals surface area contributed by atoms with Crippen molar-refractivity contribution in [3.05, 3.63) is 47.2 Å². The Hall–Kier alpha value is -1.94. The number of halogens is 1. The molecule has 100 valence electrons. The van der Waals surface area contributed by atoms with Gasteiger partial charge in [-0.15, -0.1) is 0 Å². The zero-order valence-corrected chi connectivity index (χ0v) is 11.5. The molecule has 0 radical (unpaired) electrons. The van der Waals surface area contributed by atoms with E-state index in [1.54, 1.807) is 50.7 Å². The minimum atomic E-state index is 0.294. The third kappa shape index (κ3) is 3.29. The van der Waals surface area contributed by atoms with Crippen LogP contribution in [-0.4, -0.2) is 19.2 Å². The monoisotopic (exact) mass is 279 g/mol. The molecule has 1 aromatic heterocycles. The van der Waals surface area contributed by atoms with Gasteiger partial charge in [0.05, 0.1) is 14.2 Å². The Bertz CT molecular complexity index is 543. The van der Waals surface area contributed by atoms with Crippen molar-refractivity contribution in [2.75, 3.05) is 14.2 Å². The smallest absolute Gasteiger partial charge is 0.185 e. The van der Waals surface area contributed by atoms with Crippen molar-refractivity contribution in [1.29, 1.82) is 0 Å². The lowest BCUT2D eigenvalue weighted by Gasteiger charge is -2.12. The fourth-order valence-corrected chi connectivity index (χ4v) is 1.76. The minimum Gasteiger partial charge on any atom is -0.493 e. The number of pyridine rings is 1. The van der Waals surface area contributed by atoms with Crippen molar-refractivity contribution < 1.29 is 14.2 Å². The molecule has 0 amide bonds. The van der Waals surface area contributed by atoms with Crippen LogP contribution >= 0.6 is 11.6 Å². The summed E-state index contributed by atoms with van der Waals surface area (Å²) in [6.07, 6.45) is 1.65. The molecule has 0 saturated heterocycles. The third-order valence-corrected chi connectivity index (χ3v) is 2.81. The van der Waals surface area contributed by atoms with Gasteiger partial charge in [0.2, 0.25) is 0 Å². The molecule has 4 nitrogen and oxygen atoms in total. The van der Waals surface area contributed by atoms with E-state index in [-0.39, 0.29) is 0 Å². The van der Waals surface area contributed by atoms with E-state index in [0.29, 0.717) is 28.8 Å². The summed E-state index contributed by atoms with van der Waals surface area (Å²) in [6, 6.07) is 8.88. The third-order valence-electron chi connectivity index (χ3n) is 2.56. The van der Waals surface area contributed by atoms with Crippen molar-refractivity contribution in [2.45, 2.75) is 6.61 Å². The van der Waals surface area contributed by atoms with Gasteiger partial charge in [-0.25, -0.2) is 0 Å². The van der Waals surface area contributed by atoms with E-state index in [4.69, 9.17) is 25.8 Å². The van der Waals surface area contributed by atoms with Crippen LogP contribution in [0.15, 0.2) is 36.5 Å². The zero-order chi connectivity index (χ0) is 13.7. The minimum absolute atomic E-state index is 0.294. The predicted octanol–water partition coefficient (Wildman–Crippen LogP) is 3.33. The summed E-state index contributed by atoms with van der Waals surface area (Å²) in [5.74, 6) is 1.93. The molecule has 0 bridgehead atoms. The average Bonchev–Trinajstić information content (AvgIpc) is 2.46. The second-order valence-electron chi connectivity index (χ2n) is 3.74. The molecule has 0 unspecified atom stereocenters. The fourth-order valence-electron chi connectivity index (χ4n) is 1.64. The molecular formula is C14H14ClNO3. The van der Waals surface area contributed by atoms with Gasteiger partial charge in [0.1, 0.15) is 18.1 Å². The van der Waals surface area contributed by atoms with Gasteiger partial charge in [0.15, 0.2) is 11.5 Å². The second-order valence-corrected chi connectivity index (χ2v) is 4.17. The lowest BCUT2D eigenvalue weighted by atomic mass is 10.3. The van der Waals surface area contributed by atoms with Crippen LogP contribution in [0.2, 0.25) is 5.02 Å². The van der Waals surface area contributed by atoms with Crippen LogP contribution in [0.25, 0.3) is 0 Å². The van der Waals surface area contributed by atoms with Gasteiger partial charge < -0.3 is 14.2 Å². The van der Waals surface area contributed by atoms with Crippen LogP contribution in [-0.2, 0) is 6.61 Å². The Labute approximate surface area is 116 Å². The molecular weight excluding hydrogens is 266 g/mol. The molecule has 5 heteroatoms. The van der Waals surface area contributed by atoms with Gasteiger partial charge in [-0.05, 0) is 24.3 Å². The Morgan fingerprint density at radius 2 is 1.79 bits per heavy atom. The Kier molecular flexibility index (Phi) is 4.47. The molecule has 0 N–H and O–H groups in total. The zero-order valence-electron chi connectivity index (χ0n) is 10.7.